The smallest absolute Gasteiger partial charge is 0.207 e. The van der Waals surface area contributed by atoms with Gasteiger partial charge in [-0.15, -0.1) is 0 Å². The summed E-state index contributed by atoms with van der Waals surface area (Å²) >= 11 is 0. The minimum atomic E-state index is -3.56. The fourth-order valence-electron chi connectivity index (χ4n) is 2.03. The minimum absolute atomic E-state index is 0.148. The summed E-state index contributed by atoms with van der Waals surface area (Å²) in [5.74, 6) is 0.409. The second kappa shape index (κ2) is 4.38. The molecule has 96 valence electrons. The van der Waals surface area contributed by atoms with Crippen molar-refractivity contribution in [3.63, 3.8) is 0 Å². The predicted molar refractivity (Wildman–Crippen MR) is 68.3 cm³/mol. The summed E-state index contributed by atoms with van der Waals surface area (Å²) in [5.41, 5.74) is -0.0799. The molecule has 0 aliphatic heterocycles. The molecule has 4 nitrogen and oxygen atoms in total. The molecule has 1 aliphatic rings. The fourth-order valence-corrected chi connectivity index (χ4v) is 3.54. The first-order valence-electron chi connectivity index (χ1n) is 5.89. The Morgan fingerprint density at radius 1 is 1.39 bits per heavy atom. The molecule has 18 heavy (non-hydrogen) atoms. The van der Waals surface area contributed by atoms with Crippen molar-refractivity contribution >= 4 is 10.0 Å². The van der Waals surface area contributed by atoms with Gasteiger partial charge in [0.2, 0.25) is 10.0 Å². The van der Waals surface area contributed by atoms with E-state index in [9.17, 15) is 8.42 Å². The van der Waals surface area contributed by atoms with Crippen molar-refractivity contribution in [1.82, 2.24) is 4.72 Å². The Morgan fingerprint density at radius 3 is 2.61 bits per heavy atom. The first kappa shape index (κ1) is 13.1. The van der Waals surface area contributed by atoms with E-state index in [0.29, 0.717) is 11.5 Å². The topological polar surface area (TPSA) is 70.0 Å². The number of hydrogen-bond donors (Lipinski definition) is 1. The van der Waals surface area contributed by atoms with Crippen LogP contribution in [0.2, 0.25) is 0 Å². The summed E-state index contributed by atoms with van der Waals surface area (Å²) in [6.45, 7) is 3.80. The van der Waals surface area contributed by atoms with Crippen molar-refractivity contribution in [2.45, 2.75) is 37.1 Å². The lowest BCUT2D eigenvalue weighted by Gasteiger charge is -2.25. The third kappa shape index (κ3) is 2.71. The standard InChI is InChI=1S/C13H16N2O2S/c1-13(2,11-6-7-11)15-18(16,17)12-5-3-4-10(8-12)9-14/h3-5,8,11,15H,6-7H2,1-2H3. The van der Waals surface area contributed by atoms with Gasteiger partial charge in [0.15, 0.2) is 0 Å². The zero-order valence-corrected chi connectivity index (χ0v) is 11.3. The van der Waals surface area contributed by atoms with Crippen molar-refractivity contribution in [1.29, 1.82) is 5.26 Å². The van der Waals surface area contributed by atoms with Crippen LogP contribution in [0.15, 0.2) is 29.2 Å². The number of nitrogens with one attached hydrogen (secondary N) is 1. The van der Waals surface area contributed by atoms with Gasteiger partial charge < -0.3 is 0 Å². The molecule has 1 N–H and O–H groups in total. The summed E-state index contributed by atoms with van der Waals surface area (Å²) in [6, 6.07) is 8.01. The quantitative estimate of drug-likeness (QED) is 0.904. The molecule has 5 heteroatoms. The van der Waals surface area contributed by atoms with Gasteiger partial charge in [-0.1, -0.05) is 6.07 Å². The maximum atomic E-state index is 12.2. The Bertz CT molecular complexity index is 596. The lowest BCUT2D eigenvalue weighted by molar-refractivity contribution is 0.400. The van der Waals surface area contributed by atoms with Gasteiger partial charge in [0, 0.05) is 5.54 Å². The van der Waals surface area contributed by atoms with E-state index in [2.05, 4.69) is 4.72 Å². The van der Waals surface area contributed by atoms with Crippen LogP contribution in [0.3, 0.4) is 0 Å². The van der Waals surface area contributed by atoms with Gasteiger partial charge in [0.25, 0.3) is 0 Å². The predicted octanol–water partition coefficient (Wildman–Crippen LogP) is 2.03. The molecule has 1 fully saturated rings. The minimum Gasteiger partial charge on any atom is -0.207 e. The molecular formula is C13H16N2O2S. The highest BCUT2D eigenvalue weighted by molar-refractivity contribution is 7.89. The molecule has 0 saturated heterocycles. The maximum Gasteiger partial charge on any atom is 0.241 e. The molecule has 0 atom stereocenters. The molecule has 2 rings (SSSR count). The monoisotopic (exact) mass is 264 g/mol. The molecule has 0 radical (unpaired) electrons. The first-order valence-corrected chi connectivity index (χ1v) is 7.37. The van der Waals surface area contributed by atoms with Crippen LogP contribution in [-0.2, 0) is 10.0 Å². The molecule has 0 aromatic heterocycles. The highest BCUT2D eigenvalue weighted by atomic mass is 32.2. The number of nitrogens with zero attached hydrogens (tertiary/aromatic N) is 1. The van der Waals surface area contributed by atoms with Gasteiger partial charge in [-0.2, -0.15) is 5.26 Å². The average Bonchev–Trinajstić information content (AvgIpc) is 3.12. The molecule has 1 aliphatic carbocycles. The number of hydrogen-bond acceptors (Lipinski definition) is 3. The largest absolute Gasteiger partial charge is 0.241 e. The van der Waals surface area contributed by atoms with Crippen molar-refractivity contribution < 1.29 is 8.42 Å². The van der Waals surface area contributed by atoms with Gasteiger partial charge in [-0.3, -0.25) is 0 Å². The number of benzene rings is 1. The van der Waals surface area contributed by atoms with Crippen LogP contribution < -0.4 is 4.72 Å². The summed E-state index contributed by atoms with van der Waals surface area (Å²) in [4.78, 5) is 0.148. The van der Waals surface area contributed by atoms with E-state index < -0.39 is 15.6 Å². The summed E-state index contributed by atoms with van der Waals surface area (Å²) in [6.07, 6.45) is 2.13. The lowest BCUT2D eigenvalue weighted by Crippen LogP contribution is -2.45. The Balaban J connectivity index is 2.28. The zero-order chi connectivity index (χ0) is 13.4. The van der Waals surface area contributed by atoms with E-state index in [-0.39, 0.29) is 4.90 Å². The third-order valence-electron chi connectivity index (χ3n) is 3.27. The highest BCUT2D eigenvalue weighted by Crippen LogP contribution is 2.39. The number of rotatable bonds is 4. The second-order valence-electron chi connectivity index (χ2n) is 5.24. The Kier molecular flexibility index (Phi) is 3.18. The van der Waals surface area contributed by atoms with Gasteiger partial charge >= 0.3 is 0 Å². The molecule has 1 aromatic rings. The van der Waals surface area contributed by atoms with Crippen LogP contribution in [0.25, 0.3) is 0 Å². The summed E-state index contributed by atoms with van der Waals surface area (Å²) in [7, 11) is -3.56. The Morgan fingerprint density at radius 2 is 2.06 bits per heavy atom. The van der Waals surface area contributed by atoms with E-state index in [1.807, 2.05) is 19.9 Å². The highest BCUT2D eigenvalue weighted by Gasteiger charge is 2.40. The zero-order valence-electron chi connectivity index (χ0n) is 10.5. The molecule has 0 unspecified atom stereocenters. The molecule has 1 aromatic carbocycles. The van der Waals surface area contributed by atoms with Gasteiger partial charge in [-0.25, -0.2) is 13.1 Å². The van der Waals surface area contributed by atoms with E-state index >= 15 is 0 Å². The molecule has 1 saturated carbocycles. The van der Waals surface area contributed by atoms with E-state index in [4.69, 9.17) is 5.26 Å². The normalized spacial score (nSPS) is 16.3. The van der Waals surface area contributed by atoms with Gasteiger partial charge in [0.05, 0.1) is 16.5 Å². The molecule has 0 heterocycles. The van der Waals surface area contributed by atoms with E-state index in [0.717, 1.165) is 12.8 Å². The maximum absolute atomic E-state index is 12.2. The second-order valence-corrected chi connectivity index (χ2v) is 6.92. The molecule has 0 spiro atoms. The van der Waals surface area contributed by atoms with Crippen molar-refractivity contribution in [2.24, 2.45) is 5.92 Å². The van der Waals surface area contributed by atoms with Crippen molar-refractivity contribution in [3.05, 3.63) is 29.8 Å². The lowest BCUT2D eigenvalue weighted by atomic mass is 10.0. The third-order valence-corrected chi connectivity index (χ3v) is 4.94. The van der Waals surface area contributed by atoms with Crippen LogP contribution >= 0.6 is 0 Å². The first-order chi connectivity index (χ1) is 8.35. The number of sulfonamides is 1. The van der Waals surface area contributed by atoms with Gasteiger partial charge in [-0.05, 0) is 50.8 Å². The van der Waals surface area contributed by atoms with Crippen LogP contribution in [0.1, 0.15) is 32.3 Å². The van der Waals surface area contributed by atoms with Crippen molar-refractivity contribution in [3.8, 4) is 6.07 Å². The summed E-state index contributed by atoms with van der Waals surface area (Å²) in [5, 5.41) is 8.79. The Hall–Kier alpha value is -1.38. The summed E-state index contributed by atoms with van der Waals surface area (Å²) < 4.78 is 27.2. The molecule has 0 amide bonds. The average molecular weight is 264 g/mol. The van der Waals surface area contributed by atoms with Gasteiger partial charge in [0.1, 0.15) is 0 Å². The SMILES string of the molecule is CC(C)(NS(=O)(=O)c1cccc(C#N)c1)C1CC1. The van der Waals surface area contributed by atoms with Crippen LogP contribution in [0.5, 0.6) is 0 Å². The Labute approximate surface area is 108 Å². The van der Waals surface area contributed by atoms with Crippen LogP contribution in [0, 0.1) is 17.2 Å². The van der Waals surface area contributed by atoms with Crippen LogP contribution in [-0.4, -0.2) is 14.0 Å². The number of nitriles is 1. The molecule has 0 bridgehead atoms. The van der Waals surface area contributed by atoms with E-state index in [1.54, 1.807) is 12.1 Å². The van der Waals surface area contributed by atoms with Crippen LogP contribution in [0.4, 0.5) is 0 Å². The fraction of sp³-hybridized carbons (Fsp3) is 0.462. The van der Waals surface area contributed by atoms with Crippen molar-refractivity contribution in [2.75, 3.05) is 0 Å². The van der Waals surface area contributed by atoms with E-state index in [1.165, 1.54) is 12.1 Å². The molecular weight excluding hydrogens is 248 g/mol.